The Bertz CT molecular complexity index is 803. The third-order valence-corrected chi connectivity index (χ3v) is 5.48. The number of amides is 1. The van der Waals surface area contributed by atoms with Crippen molar-refractivity contribution in [3.63, 3.8) is 0 Å². The van der Waals surface area contributed by atoms with E-state index in [2.05, 4.69) is 28.9 Å². The minimum atomic E-state index is -4.44. The Morgan fingerprint density at radius 3 is 2.31 bits per heavy atom. The molecule has 1 aromatic heterocycles. The Kier molecular flexibility index (Phi) is 7.95. The van der Waals surface area contributed by atoms with Gasteiger partial charge < -0.3 is 14.8 Å². The minimum Gasteiger partial charge on any atom is -0.372 e. The highest BCUT2D eigenvalue weighted by atomic mass is 32.2. The van der Waals surface area contributed by atoms with Gasteiger partial charge in [0, 0.05) is 30.9 Å². The van der Waals surface area contributed by atoms with Gasteiger partial charge in [0.15, 0.2) is 11.0 Å². The van der Waals surface area contributed by atoms with Crippen molar-refractivity contribution in [1.29, 1.82) is 0 Å². The van der Waals surface area contributed by atoms with E-state index >= 15 is 0 Å². The number of anilines is 1. The van der Waals surface area contributed by atoms with Crippen LogP contribution in [0, 0.1) is 0 Å². The van der Waals surface area contributed by atoms with Crippen molar-refractivity contribution in [2.75, 3.05) is 24.5 Å². The molecule has 0 aliphatic heterocycles. The molecule has 6 nitrogen and oxygen atoms in total. The highest BCUT2D eigenvalue weighted by Gasteiger charge is 2.29. The van der Waals surface area contributed by atoms with E-state index in [0.29, 0.717) is 17.5 Å². The van der Waals surface area contributed by atoms with Gasteiger partial charge in [-0.05, 0) is 52.0 Å². The predicted octanol–water partition coefficient (Wildman–Crippen LogP) is 3.97. The third-order valence-electron chi connectivity index (χ3n) is 4.40. The molecule has 1 amide bonds. The highest BCUT2D eigenvalue weighted by Crippen LogP contribution is 2.28. The monoisotopic (exact) mass is 429 g/mol. The molecule has 0 fully saturated rings. The van der Waals surface area contributed by atoms with E-state index in [1.165, 1.54) is 0 Å². The summed E-state index contributed by atoms with van der Waals surface area (Å²) in [6.07, 6.45) is -4.44. The number of rotatable bonds is 9. The number of nitrogens with one attached hydrogen (secondary N) is 1. The molecule has 1 unspecified atom stereocenters. The third kappa shape index (κ3) is 6.12. The van der Waals surface area contributed by atoms with Gasteiger partial charge in [-0.15, -0.1) is 10.2 Å². The van der Waals surface area contributed by atoms with Gasteiger partial charge in [0.2, 0.25) is 5.91 Å². The summed E-state index contributed by atoms with van der Waals surface area (Å²) in [4.78, 5) is 14.2. The Hall–Kier alpha value is -2.23. The summed E-state index contributed by atoms with van der Waals surface area (Å²) in [5.74, 6) is -0.0351. The average Bonchev–Trinajstić information content (AvgIpc) is 3.09. The summed E-state index contributed by atoms with van der Waals surface area (Å²) in [6, 6.07) is 7.99. The minimum absolute atomic E-state index is 0.491. The number of aromatic nitrogens is 3. The summed E-state index contributed by atoms with van der Waals surface area (Å²) >= 11 is 1.09. The molecule has 0 spiro atoms. The van der Waals surface area contributed by atoms with Crippen LogP contribution in [0.5, 0.6) is 0 Å². The van der Waals surface area contributed by atoms with Crippen molar-refractivity contribution in [3.8, 4) is 11.4 Å². The Morgan fingerprint density at radius 2 is 1.79 bits per heavy atom. The maximum Gasteiger partial charge on any atom is 0.405 e. The first-order valence-electron chi connectivity index (χ1n) is 9.49. The molecule has 0 saturated heterocycles. The largest absolute Gasteiger partial charge is 0.405 e. The summed E-state index contributed by atoms with van der Waals surface area (Å²) in [5, 5.41) is 10.0. The lowest BCUT2D eigenvalue weighted by Gasteiger charge is -2.21. The molecule has 2 rings (SSSR count). The van der Waals surface area contributed by atoms with Crippen molar-refractivity contribution in [2.24, 2.45) is 0 Å². The number of nitrogens with zero attached hydrogens (tertiary/aromatic N) is 4. The molecule has 0 bridgehead atoms. The zero-order valence-electron chi connectivity index (χ0n) is 17.0. The van der Waals surface area contributed by atoms with Crippen LogP contribution in [0.2, 0.25) is 0 Å². The number of alkyl halides is 3. The second-order valence-corrected chi connectivity index (χ2v) is 7.67. The molecule has 10 heteroatoms. The van der Waals surface area contributed by atoms with Gasteiger partial charge in [0.1, 0.15) is 6.54 Å². The molecule has 1 heterocycles. The smallest absolute Gasteiger partial charge is 0.372 e. The summed E-state index contributed by atoms with van der Waals surface area (Å²) in [5.41, 5.74) is 2.00. The van der Waals surface area contributed by atoms with Gasteiger partial charge in [-0.1, -0.05) is 11.8 Å². The lowest BCUT2D eigenvalue weighted by Crippen LogP contribution is -2.38. The number of hydrogen-bond donors (Lipinski definition) is 1. The topological polar surface area (TPSA) is 63.1 Å². The van der Waals surface area contributed by atoms with Crippen LogP contribution in [0.1, 0.15) is 27.7 Å². The zero-order chi connectivity index (χ0) is 21.6. The Labute approximate surface area is 172 Å². The van der Waals surface area contributed by atoms with E-state index in [1.54, 1.807) is 6.92 Å². The van der Waals surface area contributed by atoms with Gasteiger partial charge >= 0.3 is 6.18 Å². The molecule has 0 aliphatic carbocycles. The number of benzene rings is 1. The summed E-state index contributed by atoms with van der Waals surface area (Å²) < 4.78 is 38.7. The lowest BCUT2D eigenvalue weighted by atomic mass is 10.2. The second kappa shape index (κ2) is 10.00. The Morgan fingerprint density at radius 1 is 1.17 bits per heavy atom. The van der Waals surface area contributed by atoms with Crippen LogP contribution < -0.4 is 10.2 Å². The molecular weight excluding hydrogens is 403 g/mol. The molecule has 2 aromatic rings. The van der Waals surface area contributed by atoms with Crippen molar-refractivity contribution in [1.82, 2.24) is 20.1 Å². The molecule has 1 aromatic carbocycles. The molecular formula is C19H26F3N5OS. The van der Waals surface area contributed by atoms with Gasteiger partial charge in [-0.2, -0.15) is 13.2 Å². The van der Waals surface area contributed by atoms with Gasteiger partial charge in [-0.3, -0.25) is 4.79 Å². The van der Waals surface area contributed by atoms with Crippen molar-refractivity contribution < 1.29 is 18.0 Å². The number of hydrogen-bond acceptors (Lipinski definition) is 5. The van der Waals surface area contributed by atoms with E-state index < -0.39 is 23.9 Å². The van der Waals surface area contributed by atoms with Crippen LogP contribution in [0.3, 0.4) is 0 Å². The maximum absolute atomic E-state index is 12.3. The van der Waals surface area contributed by atoms with Crippen LogP contribution >= 0.6 is 11.8 Å². The standard InChI is InChI=1S/C19H26F3N5OS/c1-5-26(6-2)15-10-8-14(9-11-15)16-24-25-18(27(16)7-3)29-13(4)17(28)23-12-19(20,21)22/h8-11,13H,5-7,12H2,1-4H3,(H,23,28). The first kappa shape index (κ1) is 23.1. The number of carbonyl (C=O) groups excluding carboxylic acids is 1. The van der Waals surface area contributed by atoms with Crippen LogP contribution in [0.25, 0.3) is 11.4 Å². The normalized spacial score (nSPS) is 12.7. The fourth-order valence-corrected chi connectivity index (χ4v) is 3.76. The van der Waals surface area contributed by atoms with E-state index in [1.807, 2.05) is 41.1 Å². The SMILES string of the molecule is CCN(CC)c1ccc(-c2nnc(SC(C)C(=O)NCC(F)(F)F)n2CC)cc1. The van der Waals surface area contributed by atoms with Gasteiger partial charge in [0.05, 0.1) is 5.25 Å². The highest BCUT2D eigenvalue weighted by molar-refractivity contribution is 8.00. The molecule has 29 heavy (non-hydrogen) atoms. The van der Waals surface area contributed by atoms with Crippen LogP contribution in [-0.2, 0) is 11.3 Å². The first-order valence-corrected chi connectivity index (χ1v) is 10.4. The van der Waals surface area contributed by atoms with Crippen molar-refractivity contribution in [3.05, 3.63) is 24.3 Å². The summed E-state index contributed by atoms with van der Waals surface area (Å²) in [7, 11) is 0. The fraction of sp³-hybridized carbons (Fsp3) is 0.526. The number of thioether (sulfide) groups is 1. The van der Waals surface area contributed by atoms with Gasteiger partial charge in [0.25, 0.3) is 0 Å². The Balaban J connectivity index is 2.15. The van der Waals surface area contributed by atoms with E-state index in [-0.39, 0.29) is 0 Å². The quantitative estimate of drug-likeness (QED) is 0.611. The summed E-state index contributed by atoms with van der Waals surface area (Å²) in [6.45, 7) is 8.72. The fourth-order valence-electron chi connectivity index (χ4n) is 2.83. The van der Waals surface area contributed by atoms with Crippen molar-refractivity contribution >= 4 is 23.4 Å². The number of halogens is 3. The maximum atomic E-state index is 12.3. The predicted molar refractivity (Wildman–Crippen MR) is 109 cm³/mol. The molecule has 0 aliphatic rings. The molecule has 1 N–H and O–H groups in total. The van der Waals surface area contributed by atoms with E-state index in [0.717, 1.165) is 36.1 Å². The van der Waals surface area contributed by atoms with E-state index in [9.17, 15) is 18.0 Å². The van der Waals surface area contributed by atoms with E-state index in [4.69, 9.17) is 0 Å². The lowest BCUT2D eigenvalue weighted by molar-refractivity contribution is -0.137. The van der Waals surface area contributed by atoms with Crippen LogP contribution in [-0.4, -0.2) is 51.7 Å². The first-order chi connectivity index (χ1) is 13.7. The van der Waals surface area contributed by atoms with Gasteiger partial charge in [-0.25, -0.2) is 0 Å². The average molecular weight is 430 g/mol. The molecule has 0 saturated carbocycles. The number of carbonyl (C=O) groups is 1. The molecule has 0 radical (unpaired) electrons. The van der Waals surface area contributed by atoms with Crippen LogP contribution in [0.15, 0.2) is 29.4 Å². The zero-order valence-corrected chi connectivity index (χ0v) is 17.8. The molecule has 1 atom stereocenters. The molecule has 160 valence electrons. The second-order valence-electron chi connectivity index (χ2n) is 6.36. The van der Waals surface area contributed by atoms with Crippen molar-refractivity contribution in [2.45, 2.75) is 50.8 Å². The van der Waals surface area contributed by atoms with Crippen LogP contribution in [0.4, 0.5) is 18.9 Å².